The summed E-state index contributed by atoms with van der Waals surface area (Å²) in [5.41, 5.74) is 0.00988. The number of amides is 1. The third-order valence-corrected chi connectivity index (χ3v) is 3.59. The van der Waals surface area contributed by atoms with Gasteiger partial charge in [-0.15, -0.1) is 0 Å². The molecular weight excluding hydrogens is 320 g/mol. The molecule has 1 amide bonds. The average Bonchev–Trinajstić information content (AvgIpc) is 2.55. The smallest absolute Gasteiger partial charge is 0.307 e. The summed E-state index contributed by atoms with van der Waals surface area (Å²) in [6.07, 6.45) is 1.33. The first kappa shape index (κ1) is 16.8. The van der Waals surface area contributed by atoms with Crippen molar-refractivity contribution in [3.8, 4) is 0 Å². The molecule has 0 saturated heterocycles. The molecule has 7 heteroatoms. The maximum Gasteiger partial charge on any atom is 0.307 e. The second-order valence-corrected chi connectivity index (χ2v) is 5.15. The van der Waals surface area contributed by atoms with Gasteiger partial charge < -0.3 is 15.0 Å². The minimum atomic E-state index is -0.705. The number of aromatic nitrogens is 1. The van der Waals surface area contributed by atoms with Gasteiger partial charge in [0.2, 0.25) is 0 Å². The number of esters is 1. The topological polar surface area (TPSA) is 88.3 Å². The first-order valence-electron chi connectivity index (χ1n) is 6.82. The fourth-order valence-corrected chi connectivity index (χ4v) is 2.35. The number of carbonyl (C=O) groups is 2. The molecule has 1 aromatic carbocycles. The van der Waals surface area contributed by atoms with Crippen molar-refractivity contribution in [2.45, 2.75) is 12.5 Å². The number of hydrogen-bond acceptors (Lipinski definition) is 4. The Kier molecular flexibility index (Phi) is 5.54. The van der Waals surface area contributed by atoms with Crippen molar-refractivity contribution in [3.63, 3.8) is 0 Å². The Balaban J connectivity index is 2.30. The van der Waals surface area contributed by atoms with Crippen LogP contribution in [0.5, 0.6) is 0 Å². The van der Waals surface area contributed by atoms with E-state index in [4.69, 9.17) is 11.6 Å². The van der Waals surface area contributed by atoms with E-state index in [2.05, 4.69) is 15.0 Å². The van der Waals surface area contributed by atoms with Gasteiger partial charge in [-0.25, -0.2) is 0 Å². The van der Waals surface area contributed by atoms with Crippen molar-refractivity contribution < 1.29 is 14.3 Å². The maximum absolute atomic E-state index is 12.3. The number of carbonyl (C=O) groups excluding carboxylic acids is 2. The summed E-state index contributed by atoms with van der Waals surface area (Å²) in [4.78, 5) is 38.0. The average molecular weight is 335 g/mol. The molecule has 2 N–H and O–H groups in total. The highest BCUT2D eigenvalue weighted by molar-refractivity contribution is 6.31. The normalized spacial score (nSPS) is 11.6. The Morgan fingerprint density at radius 3 is 2.65 bits per heavy atom. The third kappa shape index (κ3) is 4.20. The molecule has 0 spiro atoms. The van der Waals surface area contributed by atoms with Crippen LogP contribution in [0.3, 0.4) is 0 Å². The molecule has 1 aromatic heterocycles. The quantitative estimate of drug-likeness (QED) is 0.819. The van der Waals surface area contributed by atoms with E-state index in [0.29, 0.717) is 10.6 Å². The highest BCUT2D eigenvalue weighted by Crippen LogP contribution is 2.25. The monoisotopic (exact) mass is 334 g/mol. The molecule has 0 fully saturated rings. The number of rotatable bonds is 5. The van der Waals surface area contributed by atoms with Crippen molar-refractivity contribution in [2.24, 2.45) is 0 Å². The molecule has 0 aliphatic rings. The van der Waals surface area contributed by atoms with Crippen LogP contribution in [0.15, 0.2) is 47.4 Å². The molecule has 0 radical (unpaired) electrons. The van der Waals surface area contributed by atoms with Crippen LogP contribution in [0.1, 0.15) is 28.4 Å². The largest absolute Gasteiger partial charge is 0.469 e. The number of ether oxygens (including phenoxy) is 1. The van der Waals surface area contributed by atoms with Crippen LogP contribution in [-0.4, -0.2) is 24.0 Å². The summed E-state index contributed by atoms with van der Waals surface area (Å²) in [7, 11) is 1.26. The summed E-state index contributed by atoms with van der Waals surface area (Å²) in [5, 5.41) is 3.06. The van der Waals surface area contributed by atoms with E-state index >= 15 is 0 Å². The summed E-state index contributed by atoms with van der Waals surface area (Å²) < 4.78 is 4.65. The summed E-state index contributed by atoms with van der Waals surface area (Å²) in [5.74, 6) is -1.10. The van der Waals surface area contributed by atoms with E-state index in [1.807, 2.05) is 0 Å². The number of hydrogen-bond donors (Lipinski definition) is 2. The molecule has 23 heavy (non-hydrogen) atoms. The fraction of sp³-hybridized carbons (Fsp3) is 0.188. The van der Waals surface area contributed by atoms with E-state index in [0.717, 1.165) is 0 Å². The van der Waals surface area contributed by atoms with Gasteiger partial charge in [-0.05, 0) is 23.8 Å². The zero-order valence-corrected chi connectivity index (χ0v) is 13.1. The van der Waals surface area contributed by atoms with E-state index in [9.17, 15) is 14.4 Å². The predicted octanol–water partition coefficient (Wildman–Crippen LogP) is 2.06. The molecule has 1 heterocycles. The van der Waals surface area contributed by atoms with Gasteiger partial charge in [-0.2, -0.15) is 0 Å². The van der Waals surface area contributed by atoms with Gasteiger partial charge in [0, 0.05) is 11.2 Å². The molecule has 2 rings (SSSR count). The summed E-state index contributed by atoms with van der Waals surface area (Å²) >= 11 is 6.14. The predicted molar refractivity (Wildman–Crippen MR) is 85.4 cm³/mol. The van der Waals surface area contributed by atoms with Gasteiger partial charge in [0.1, 0.15) is 5.56 Å². The van der Waals surface area contributed by atoms with E-state index < -0.39 is 23.5 Å². The van der Waals surface area contributed by atoms with E-state index in [-0.39, 0.29) is 12.0 Å². The molecule has 6 nitrogen and oxygen atoms in total. The minimum Gasteiger partial charge on any atom is -0.469 e. The maximum atomic E-state index is 12.3. The Morgan fingerprint density at radius 1 is 1.26 bits per heavy atom. The number of aromatic amines is 1. The van der Waals surface area contributed by atoms with Gasteiger partial charge >= 0.3 is 5.97 Å². The Morgan fingerprint density at radius 2 is 2.00 bits per heavy atom. The fourth-order valence-electron chi connectivity index (χ4n) is 2.08. The first-order valence-corrected chi connectivity index (χ1v) is 7.20. The molecule has 0 bridgehead atoms. The van der Waals surface area contributed by atoms with E-state index in [1.165, 1.54) is 19.4 Å². The SMILES string of the molecule is COC(=O)C[C@H](NC(=O)c1ccc[nH]c1=O)c1ccccc1Cl. The Bertz CT molecular complexity index is 772. The minimum absolute atomic E-state index is 0.0468. The van der Waals surface area contributed by atoms with Crippen LogP contribution in [-0.2, 0) is 9.53 Å². The number of methoxy groups -OCH3 is 1. The lowest BCUT2D eigenvalue weighted by Crippen LogP contribution is -2.34. The Hall–Kier alpha value is -2.60. The van der Waals surface area contributed by atoms with Crippen LogP contribution >= 0.6 is 11.6 Å². The van der Waals surface area contributed by atoms with Gasteiger partial charge in [0.05, 0.1) is 19.6 Å². The van der Waals surface area contributed by atoms with E-state index in [1.54, 1.807) is 30.3 Å². The van der Waals surface area contributed by atoms with Crippen LogP contribution in [0.2, 0.25) is 5.02 Å². The summed E-state index contributed by atoms with van der Waals surface area (Å²) in [6, 6.07) is 9.08. The number of H-pyrrole nitrogens is 1. The molecule has 0 aliphatic carbocycles. The highest BCUT2D eigenvalue weighted by Gasteiger charge is 2.22. The molecule has 2 aromatic rings. The second kappa shape index (κ2) is 7.60. The van der Waals surface area contributed by atoms with Crippen molar-refractivity contribution in [1.29, 1.82) is 0 Å². The van der Waals surface area contributed by atoms with Gasteiger partial charge in [0.25, 0.3) is 11.5 Å². The van der Waals surface area contributed by atoms with Crippen LogP contribution in [0.4, 0.5) is 0 Å². The molecular formula is C16H15ClN2O4. The van der Waals surface area contributed by atoms with Crippen LogP contribution < -0.4 is 10.9 Å². The third-order valence-electron chi connectivity index (χ3n) is 3.25. The van der Waals surface area contributed by atoms with Crippen LogP contribution in [0, 0.1) is 0 Å². The lowest BCUT2D eigenvalue weighted by atomic mass is 10.0. The van der Waals surface area contributed by atoms with Crippen molar-refractivity contribution in [3.05, 3.63) is 69.1 Å². The van der Waals surface area contributed by atoms with Gasteiger partial charge in [0.15, 0.2) is 0 Å². The standard InChI is InChI=1S/C16H15ClN2O4/c1-23-14(20)9-13(10-5-2-3-7-12(10)17)19-16(22)11-6-4-8-18-15(11)21/h2-8,13H,9H2,1H3,(H,18,21)(H,19,22)/t13-/m0/s1. The molecule has 0 aliphatic heterocycles. The molecule has 120 valence electrons. The van der Waals surface area contributed by atoms with Gasteiger partial charge in [-0.3, -0.25) is 14.4 Å². The van der Waals surface area contributed by atoms with Crippen LogP contribution in [0.25, 0.3) is 0 Å². The summed E-state index contributed by atoms with van der Waals surface area (Å²) in [6.45, 7) is 0. The zero-order chi connectivity index (χ0) is 16.8. The number of nitrogens with one attached hydrogen (secondary N) is 2. The Labute approximate surface area is 137 Å². The molecule has 1 atom stereocenters. The van der Waals surface area contributed by atoms with Crippen molar-refractivity contribution in [2.75, 3.05) is 7.11 Å². The van der Waals surface area contributed by atoms with Gasteiger partial charge in [-0.1, -0.05) is 29.8 Å². The first-order chi connectivity index (χ1) is 11.0. The lowest BCUT2D eigenvalue weighted by Gasteiger charge is -2.19. The highest BCUT2D eigenvalue weighted by atomic mass is 35.5. The van der Waals surface area contributed by atoms with Crippen molar-refractivity contribution >= 4 is 23.5 Å². The number of benzene rings is 1. The zero-order valence-electron chi connectivity index (χ0n) is 12.3. The molecule has 0 unspecified atom stereocenters. The second-order valence-electron chi connectivity index (χ2n) is 4.74. The number of pyridine rings is 1. The van der Waals surface area contributed by atoms with Crippen molar-refractivity contribution in [1.82, 2.24) is 10.3 Å². The molecule has 0 saturated carbocycles. The number of halogens is 1. The lowest BCUT2D eigenvalue weighted by molar-refractivity contribution is -0.141.